The van der Waals surface area contributed by atoms with Gasteiger partial charge in [0.15, 0.2) is 15.0 Å². The summed E-state index contributed by atoms with van der Waals surface area (Å²) >= 11 is 1.14. The predicted octanol–water partition coefficient (Wildman–Crippen LogP) is 0.971. The SMILES string of the molecule is CS(=O)(=O)c1ccc2nc(NC(=O)[C@H]3CC=CC[C@@H]3C(=O)[O-])sc2c1. The molecule has 7 nitrogen and oxygen atoms in total. The zero-order chi connectivity index (χ0) is 18.2. The summed E-state index contributed by atoms with van der Waals surface area (Å²) in [5.41, 5.74) is 0.563. The lowest BCUT2D eigenvalue weighted by Crippen LogP contribution is -2.41. The van der Waals surface area contributed by atoms with E-state index in [0.717, 1.165) is 17.6 Å². The number of hydrogen-bond donors (Lipinski definition) is 1. The lowest BCUT2D eigenvalue weighted by Gasteiger charge is -2.27. The number of carboxylic acids is 1. The maximum atomic E-state index is 12.4. The number of allylic oxidation sites excluding steroid dienone is 2. The molecular weight excluding hydrogens is 364 g/mol. The predicted molar refractivity (Wildman–Crippen MR) is 91.7 cm³/mol. The molecule has 1 aromatic heterocycles. The van der Waals surface area contributed by atoms with Crippen LogP contribution in [0.2, 0.25) is 0 Å². The Hall–Kier alpha value is -2.26. The average Bonchev–Trinajstić information content (AvgIpc) is 2.95. The molecule has 0 bridgehead atoms. The molecule has 0 saturated carbocycles. The van der Waals surface area contributed by atoms with Gasteiger partial charge in [-0.3, -0.25) is 4.79 Å². The summed E-state index contributed by atoms with van der Waals surface area (Å²) in [5, 5.41) is 14.1. The van der Waals surface area contributed by atoms with E-state index in [1.807, 2.05) is 0 Å². The molecule has 2 atom stereocenters. The van der Waals surface area contributed by atoms with E-state index in [0.29, 0.717) is 21.8 Å². The van der Waals surface area contributed by atoms with E-state index in [-0.39, 0.29) is 11.3 Å². The van der Waals surface area contributed by atoms with Crippen LogP contribution in [0.4, 0.5) is 5.13 Å². The second-order valence-electron chi connectivity index (χ2n) is 5.88. The molecule has 0 fully saturated rings. The van der Waals surface area contributed by atoms with Gasteiger partial charge in [0.05, 0.1) is 21.0 Å². The minimum atomic E-state index is -3.33. The summed E-state index contributed by atoms with van der Waals surface area (Å²) in [6.07, 6.45) is 5.22. The minimum Gasteiger partial charge on any atom is -0.550 e. The first-order valence-corrected chi connectivity index (χ1v) is 10.2. The third-order valence-electron chi connectivity index (χ3n) is 4.09. The Labute approximate surface area is 148 Å². The molecule has 0 spiro atoms. The van der Waals surface area contributed by atoms with Gasteiger partial charge in [-0.1, -0.05) is 23.5 Å². The largest absolute Gasteiger partial charge is 0.550 e. The summed E-state index contributed by atoms with van der Waals surface area (Å²) in [6.45, 7) is 0. The summed E-state index contributed by atoms with van der Waals surface area (Å²) in [4.78, 5) is 28.0. The number of carbonyl (C=O) groups is 2. The first-order chi connectivity index (χ1) is 11.8. The van der Waals surface area contributed by atoms with Crippen molar-refractivity contribution in [3.63, 3.8) is 0 Å². The van der Waals surface area contributed by atoms with Crippen molar-refractivity contribution in [2.75, 3.05) is 11.6 Å². The van der Waals surface area contributed by atoms with Crippen molar-refractivity contribution in [2.24, 2.45) is 11.8 Å². The number of sulfone groups is 1. The molecule has 9 heteroatoms. The molecular formula is C16H15N2O5S2-. The molecule has 132 valence electrons. The van der Waals surface area contributed by atoms with Crippen molar-refractivity contribution in [1.29, 1.82) is 0 Å². The number of nitrogens with one attached hydrogen (secondary N) is 1. The van der Waals surface area contributed by atoms with Gasteiger partial charge < -0.3 is 15.2 Å². The Bertz CT molecular complexity index is 978. The number of anilines is 1. The molecule has 0 aliphatic heterocycles. The zero-order valence-electron chi connectivity index (χ0n) is 13.3. The molecule has 1 aliphatic carbocycles. The lowest BCUT2D eigenvalue weighted by molar-refractivity contribution is -0.313. The number of amides is 1. The molecule has 1 aromatic carbocycles. The highest BCUT2D eigenvalue weighted by atomic mass is 32.2. The van der Waals surface area contributed by atoms with Gasteiger partial charge in [0.2, 0.25) is 5.91 Å². The van der Waals surface area contributed by atoms with E-state index < -0.39 is 33.5 Å². The molecule has 1 amide bonds. The Morgan fingerprint density at radius 3 is 2.56 bits per heavy atom. The molecule has 0 radical (unpaired) electrons. The van der Waals surface area contributed by atoms with Crippen LogP contribution < -0.4 is 10.4 Å². The summed E-state index contributed by atoms with van der Waals surface area (Å²) in [7, 11) is -3.33. The first-order valence-electron chi connectivity index (χ1n) is 7.53. The fourth-order valence-corrected chi connectivity index (χ4v) is 4.38. The van der Waals surface area contributed by atoms with Crippen LogP contribution in [0.5, 0.6) is 0 Å². The fourth-order valence-electron chi connectivity index (χ4n) is 2.75. The molecule has 1 heterocycles. The lowest BCUT2D eigenvalue weighted by atomic mass is 9.82. The number of carbonyl (C=O) groups excluding carboxylic acids is 2. The molecule has 1 aliphatic rings. The van der Waals surface area contributed by atoms with Crippen molar-refractivity contribution < 1.29 is 23.1 Å². The van der Waals surface area contributed by atoms with Gasteiger partial charge in [0, 0.05) is 18.1 Å². The maximum absolute atomic E-state index is 12.4. The van der Waals surface area contributed by atoms with Crippen LogP contribution in [0.1, 0.15) is 12.8 Å². The van der Waals surface area contributed by atoms with Crippen LogP contribution in [0.25, 0.3) is 10.2 Å². The summed E-state index contributed by atoms with van der Waals surface area (Å²) in [6, 6.07) is 4.54. The van der Waals surface area contributed by atoms with Crippen LogP contribution in [-0.2, 0) is 19.4 Å². The summed E-state index contributed by atoms with van der Waals surface area (Å²) < 4.78 is 23.9. The van der Waals surface area contributed by atoms with Gasteiger partial charge >= 0.3 is 0 Å². The van der Waals surface area contributed by atoms with Gasteiger partial charge in [-0.25, -0.2) is 13.4 Å². The number of fused-ring (bicyclic) bond motifs is 1. The van der Waals surface area contributed by atoms with Gasteiger partial charge in [-0.15, -0.1) is 0 Å². The average molecular weight is 379 g/mol. The monoisotopic (exact) mass is 379 g/mol. The smallest absolute Gasteiger partial charge is 0.230 e. The van der Waals surface area contributed by atoms with Gasteiger partial charge in [0.1, 0.15) is 0 Å². The quantitative estimate of drug-likeness (QED) is 0.791. The van der Waals surface area contributed by atoms with Gasteiger partial charge in [-0.05, 0) is 31.0 Å². The van der Waals surface area contributed by atoms with Crippen molar-refractivity contribution in [3.8, 4) is 0 Å². The number of benzene rings is 1. The highest BCUT2D eigenvalue weighted by molar-refractivity contribution is 7.90. The van der Waals surface area contributed by atoms with E-state index in [1.165, 1.54) is 12.1 Å². The number of thiazole rings is 1. The highest BCUT2D eigenvalue weighted by Gasteiger charge is 2.30. The van der Waals surface area contributed by atoms with Gasteiger partial charge in [0.25, 0.3) is 0 Å². The standard InChI is InChI=1S/C16H16N2O5S2/c1-25(22,23)9-6-7-12-13(8-9)24-16(17-12)18-14(19)10-4-2-3-5-11(10)15(20)21/h2-3,6-8,10-11H,4-5H2,1H3,(H,20,21)(H,17,18,19)/p-1/t10-,11-/m0/s1. The van der Waals surface area contributed by atoms with E-state index in [9.17, 15) is 23.1 Å². The third kappa shape index (κ3) is 3.72. The molecule has 3 rings (SSSR count). The van der Waals surface area contributed by atoms with Gasteiger partial charge in [-0.2, -0.15) is 0 Å². The molecule has 0 unspecified atom stereocenters. The van der Waals surface area contributed by atoms with Crippen molar-refractivity contribution in [3.05, 3.63) is 30.4 Å². The zero-order valence-corrected chi connectivity index (χ0v) is 14.9. The Kier molecular flexibility index (Phi) is 4.61. The fraction of sp³-hybridized carbons (Fsp3) is 0.312. The third-order valence-corrected chi connectivity index (χ3v) is 6.13. The second-order valence-corrected chi connectivity index (χ2v) is 8.93. The Morgan fingerprint density at radius 1 is 1.24 bits per heavy atom. The molecule has 1 N–H and O–H groups in total. The molecule has 25 heavy (non-hydrogen) atoms. The highest BCUT2D eigenvalue weighted by Crippen LogP contribution is 2.30. The molecule has 0 saturated heterocycles. The summed E-state index contributed by atoms with van der Waals surface area (Å²) in [5.74, 6) is -3.25. The minimum absolute atomic E-state index is 0.177. The molecule has 2 aromatic rings. The van der Waals surface area contributed by atoms with E-state index in [4.69, 9.17) is 0 Å². The maximum Gasteiger partial charge on any atom is 0.230 e. The van der Waals surface area contributed by atoms with Crippen LogP contribution >= 0.6 is 11.3 Å². The van der Waals surface area contributed by atoms with E-state index in [1.54, 1.807) is 18.2 Å². The number of aliphatic carboxylic acids is 1. The number of carboxylic acid groups (broad SMARTS) is 1. The van der Waals surface area contributed by atoms with Crippen molar-refractivity contribution in [1.82, 2.24) is 4.98 Å². The van der Waals surface area contributed by atoms with Crippen LogP contribution in [0.3, 0.4) is 0 Å². The Balaban J connectivity index is 1.84. The van der Waals surface area contributed by atoms with Crippen LogP contribution in [0.15, 0.2) is 35.2 Å². The van der Waals surface area contributed by atoms with E-state index in [2.05, 4.69) is 10.3 Å². The number of aromatic nitrogens is 1. The number of rotatable bonds is 4. The number of hydrogen-bond acceptors (Lipinski definition) is 7. The normalized spacial score (nSPS) is 20.5. The van der Waals surface area contributed by atoms with Crippen LogP contribution in [0, 0.1) is 11.8 Å². The topological polar surface area (TPSA) is 116 Å². The van der Waals surface area contributed by atoms with Crippen molar-refractivity contribution in [2.45, 2.75) is 17.7 Å². The van der Waals surface area contributed by atoms with Crippen molar-refractivity contribution >= 4 is 48.4 Å². The number of nitrogens with zero attached hydrogens (tertiary/aromatic N) is 1. The van der Waals surface area contributed by atoms with E-state index >= 15 is 0 Å². The van der Waals surface area contributed by atoms with Crippen LogP contribution in [-0.4, -0.2) is 31.5 Å². The second kappa shape index (κ2) is 6.57. The Morgan fingerprint density at radius 2 is 1.92 bits per heavy atom. The first kappa shape index (κ1) is 17.6.